The monoisotopic (exact) mass is 430 g/mol. The highest BCUT2D eigenvalue weighted by Gasteiger charge is 2.71. The van der Waals surface area contributed by atoms with Gasteiger partial charge in [-0.15, -0.1) is 0 Å². The predicted octanol–water partition coefficient (Wildman–Crippen LogP) is 6.99. The minimum Gasteiger partial charge on any atom is -0.369 e. The number of alkyl halides is 6. The average Bonchev–Trinajstić information content (AvgIpc) is 2.66. The predicted molar refractivity (Wildman–Crippen MR) is 98.3 cm³/mol. The van der Waals surface area contributed by atoms with Gasteiger partial charge in [-0.2, -0.15) is 26.3 Å². The maximum absolute atomic E-state index is 13.1. The van der Waals surface area contributed by atoms with Crippen molar-refractivity contribution in [3.05, 3.63) is 83.4 Å². The van der Waals surface area contributed by atoms with Crippen molar-refractivity contribution in [2.24, 2.45) is 0 Å². The van der Waals surface area contributed by atoms with Crippen LogP contribution in [-0.4, -0.2) is 17.5 Å². The van der Waals surface area contributed by atoms with Gasteiger partial charge in [0.2, 0.25) is 0 Å². The van der Waals surface area contributed by atoms with E-state index in [2.05, 4.69) is 0 Å². The summed E-state index contributed by atoms with van der Waals surface area (Å²) in [5.41, 5.74) is -3.85. The smallest absolute Gasteiger partial charge is 0.369 e. The Kier molecular flexibility index (Phi) is 5.40. The van der Waals surface area contributed by atoms with E-state index in [0.717, 1.165) is 17.7 Å². The molecule has 3 aromatic rings. The van der Waals surface area contributed by atoms with Crippen molar-refractivity contribution in [1.29, 1.82) is 0 Å². The van der Waals surface area contributed by atoms with Crippen LogP contribution >= 0.6 is 11.6 Å². The molecule has 0 radical (unpaired) electrons. The summed E-state index contributed by atoms with van der Waals surface area (Å²) in [6.07, 6.45) is -11.9. The first-order valence-electron chi connectivity index (χ1n) is 8.27. The van der Waals surface area contributed by atoms with Gasteiger partial charge in [0.05, 0.1) is 0 Å². The zero-order valence-corrected chi connectivity index (χ0v) is 15.3. The molecule has 1 N–H and O–H groups in total. The zero-order chi connectivity index (χ0) is 21.4. The van der Waals surface area contributed by atoms with Crippen LogP contribution in [0.2, 0.25) is 5.02 Å². The maximum atomic E-state index is 13.1. The van der Waals surface area contributed by atoms with E-state index in [4.69, 9.17) is 11.6 Å². The summed E-state index contributed by atoms with van der Waals surface area (Å²) >= 11 is 6.01. The summed E-state index contributed by atoms with van der Waals surface area (Å²) < 4.78 is 78.3. The second-order valence-electron chi connectivity index (χ2n) is 6.34. The van der Waals surface area contributed by atoms with E-state index in [1.54, 1.807) is 48.5 Å². The normalized spacial score (nSPS) is 12.8. The summed E-state index contributed by atoms with van der Waals surface area (Å²) in [4.78, 5) is 0. The van der Waals surface area contributed by atoms with Gasteiger partial charge < -0.3 is 5.11 Å². The van der Waals surface area contributed by atoms with Crippen molar-refractivity contribution in [3.8, 4) is 22.3 Å². The molecule has 0 atom stereocenters. The van der Waals surface area contributed by atoms with E-state index in [1.807, 2.05) is 0 Å². The minimum absolute atomic E-state index is 0.385. The number of halogens is 7. The molecule has 8 heteroatoms. The second-order valence-corrected chi connectivity index (χ2v) is 6.78. The topological polar surface area (TPSA) is 20.2 Å². The molecule has 3 rings (SSSR count). The van der Waals surface area contributed by atoms with Crippen LogP contribution in [0.5, 0.6) is 0 Å². The first-order chi connectivity index (χ1) is 13.4. The van der Waals surface area contributed by atoms with E-state index in [0.29, 0.717) is 33.8 Å². The zero-order valence-electron chi connectivity index (χ0n) is 14.5. The Labute approximate surface area is 167 Å². The molecule has 0 bridgehead atoms. The molecule has 0 aromatic heterocycles. The molecular weight excluding hydrogens is 418 g/mol. The van der Waals surface area contributed by atoms with Gasteiger partial charge in [-0.3, -0.25) is 0 Å². The first-order valence-corrected chi connectivity index (χ1v) is 8.64. The van der Waals surface area contributed by atoms with E-state index in [9.17, 15) is 31.4 Å². The first kappa shape index (κ1) is 21.2. The molecule has 3 aromatic carbocycles. The molecule has 0 heterocycles. The van der Waals surface area contributed by atoms with E-state index in [-0.39, 0.29) is 0 Å². The van der Waals surface area contributed by atoms with Gasteiger partial charge in [0, 0.05) is 10.6 Å². The average molecular weight is 431 g/mol. The highest BCUT2D eigenvalue weighted by Crippen LogP contribution is 2.50. The van der Waals surface area contributed by atoms with Crippen LogP contribution in [0.4, 0.5) is 26.3 Å². The Balaban J connectivity index is 2.09. The summed E-state index contributed by atoms with van der Waals surface area (Å²) in [5, 5.41) is 10.00. The van der Waals surface area contributed by atoms with Crippen LogP contribution in [0.3, 0.4) is 0 Å². The molecule has 0 saturated heterocycles. The molecule has 0 unspecified atom stereocenters. The van der Waals surface area contributed by atoms with Crippen molar-refractivity contribution in [2.75, 3.05) is 0 Å². The van der Waals surface area contributed by atoms with Crippen molar-refractivity contribution >= 4 is 11.6 Å². The molecule has 0 aliphatic heterocycles. The van der Waals surface area contributed by atoms with Gasteiger partial charge >= 0.3 is 12.4 Å². The van der Waals surface area contributed by atoms with Gasteiger partial charge in [-0.25, -0.2) is 0 Å². The summed E-state index contributed by atoms with van der Waals surface area (Å²) in [5.74, 6) is 0. The SMILES string of the molecule is OC(c1ccc(-c2ccccc2-c2cccc(Cl)c2)cc1)(C(F)(F)F)C(F)(F)F. The number of hydrogen-bond acceptors (Lipinski definition) is 1. The molecule has 152 valence electrons. The third-order valence-electron chi connectivity index (χ3n) is 4.50. The summed E-state index contributed by atoms with van der Waals surface area (Å²) in [6, 6.07) is 17.3. The van der Waals surface area contributed by atoms with E-state index < -0.39 is 23.5 Å². The van der Waals surface area contributed by atoms with Crippen LogP contribution in [-0.2, 0) is 5.60 Å². The fourth-order valence-corrected chi connectivity index (χ4v) is 3.21. The van der Waals surface area contributed by atoms with Gasteiger partial charge in [0.1, 0.15) is 0 Å². The van der Waals surface area contributed by atoms with E-state index in [1.165, 1.54) is 0 Å². The van der Waals surface area contributed by atoms with Gasteiger partial charge in [-0.1, -0.05) is 72.3 Å². The third kappa shape index (κ3) is 3.84. The third-order valence-corrected chi connectivity index (χ3v) is 4.73. The lowest BCUT2D eigenvalue weighted by Crippen LogP contribution is -2.53. The van der Waals surface area contributed by atoms with Gasteiger partial charge in [-0.05, 0) is 34.4 Å². The van der Waals surface area contributed by atoms with Crippen LogP contribution in [0.25, 0.3) is 22.3 Å². The molecule has 0 fully saturated rings. The van der Waals surface area contributed by atoms with Gasteiger partial charge in [0.15, 0.2) is 0 Å². The molecule has 1 nitrogen and oxygen atoms in total. The highest BCUT2D eigenvalue weighted by atomic mass is 35.5. The van der Waals surface area contributed by atoms with Crippen molar-refractivity contribution in [3.63, 3.8) is 0 Å². The van der Waals surface area contributed by atoms with Crippen molar-refractivity contribution < 1.29 is 31.4 Å². The fourth-order valence-electron chi connectivity index (χ4n) is 3.02. The summed E-state index contributed by atoms with van der Waals surface area (Å²) in [6.45, 7) is 0. The molecule has 0 aliphatic carbocycles. The van der Waals surface area contributed by atoms with Crippen LogP contribution in [0.15, 0.2) is 72.8 Å². The quantitative estimate of drug-likeness (QED) is 0.444. The highest BCUT2D eigenvalue weighted by molar-refractivity contribution is 6.30. The maximum Gasteiger partial charge on any atom is 0.430 e. The number of rotatable bonds is 3. The van der Waals surface area contributed by atoms with Crippen LogP contribution in [0, 0.1) is 0 Å². The van der Waals surface area contributed by atoms with Crippen molar-refractivity contribution in [2.45, 2.75) is 18.0 Å². The molecule has 29 heavy (non-hydrogen) atoms. The standard InChI is InChI=1S/C21H13ClF6O/c22-16-5-3-4-14(12-16)18-7-2-1-6-17(18)13-8-10-15(11-9-13)19(29,20(23,24)25)21(26,27)28/h1-12,29H. The molecule has 0 spiro atoms. The fraction of sp³-hybridized carbons (Fsp3) is 0.143. The van der Waals surface area contributed by atoms with E-state index >= 15 is 0 Å². The Morgan fingerprint density at radius 3 is 1.62 bits per heavy atom. The minimum atomic E-state index is -5.93. The molecular formula is C21H13ClF6O. The second kappa shape index (κ2) is 7.39. The van der Waals surface area contributed by atoms with Crippen molar-refractivity contribution in [1.82, 2.24) is 0 Å². The molecule has 0 amide bonds. The Morgan fingerprint density at radius 2 is 1.14 bits per heavy atom. The number of hydrogen-bond donors (Lipinski definition) is 1. The lowest BCUT2D eigenvalue weighted by Gasteiger charge is -2.32. The Morgan fingerprint density at radius 1 is 0.621 bits per heavy atom. The Hall–Kier alpha value is -2.51. The molecule has 0 aliphatic rings. The van der Waals surface area contributed by atoms with Gasteiger partial charge in [0.25, 0.3) is 5.60 Å². The van der Waals surface area contributed by atoms with Crippen LogP contribution < -0.4 is 0 Å². The lowest BCUT2D eigenvalue weighted by atomic mass is 9.89. The van der Waals surface area contributed by atoms with Crippen LogP contribution in [0.1, 0.15) is 5.56 Å². The summed E-state index contributed by atoms with van der Waals surface area (Å²) in [7, 11) is 0. The number of aliphatic hydroxyl groups is 1. The lowest BCUT2D eigenvalue weighted by molar-refractivity contribution is -0.376. The molecule has 0 saturated carbocycles. The Bertz CT molecular complexity index is 995. The largest absolute Gasteiger partial charge is 0.430 e. The number of benzene rings is 3.